The molecule has 98 valence electrons. The SMILES string of the molecule is CCC(CC)n1ccc(CC(N)c2ccsc2)n1. The largest absolute Gasteiger partial charge is 0.324 e. The molecule has 0 radical (unpaired) electrons. The fraction of sp³-hybridized carbons (Fsp3) is 0.500. The first kappa shape index (κ1) is 13.3. The number of nitrogens with two attached hydrogens (primary N) is 1. The molecule has 0 fully saturated rings. The molecule has 0 spiro atoms. The van der Waals surface area contributed by atoms with Gasteiger partial charge in [-0.05, 0) is 41.3 Å². The van der Waals surface area contributed by atoms with Crippen LogP contribution in [0.2, 0.25) is 0 Å². The van der Waals surface area contributed by atoms with Crippen molar-refractivity contribution in [1.29, 1.82) is 0 Å². The summed E-state index contributed by atoms with van der Waals surface area (Å²) in [6, 6.07) is 4.75. The molecule has 2 aromatic rings. The fourth-order valence-electron chi connectivity index (χ4n) is 2.18. The molecule has 0 aromatic carbocycles. The van der Waals surface area contributed by atoms with E-state index in [1.165, 1.54) is 5.56 Å². The average molecular weight is 263 g/mol. The molecule has 2 aromatic heterocycles. The molecule has 0 aliphatic carbocycles. The van der Waals surface area contributed by atoms with E-state index in [2.05, 4.69) is 52.7 Å². The van der Waals surface area contributed by atoms with Crippen LogP contribution in [0, 0.1) is 0 Å². The predicted octanol–water partition coefficient (Wildman–Crippen LogP) is 3.55. The first-order valence-corrected chi connectivity index (χ1v) is 7.50. The molecule has 0 saturated carbocycles. The molecular weight excluding hydrogens is 242 g/mol. The molecule has 1 unspecified atom stereocenters. The van der Waals surface area contributed by atoms with E-state index in [9.17, 15) is 0 Å². The predicted molar refractivity (Wildman–Crippen MR) is 76.8 cm³/mol. The van der Waals surface area contributed by atoms with Gasteiger partial charge in [0.1, 0.15) is 0 Å². The van der Waals surface area contributed by atoms with Crippen LogP contribution in [0.25, 0.3) is 0 Å². The summed E-state index contributed by atoms with van der Waals surface area (Å²) in [6.45, 7) is 4.40. The fourth-order valence-corrected chi connectivity index (χ4v) is 2.91. The van der Waals surface area contributed by atoms with Crippen LogP contribution in [0.1, 0.15) is 50.0 Å². The van der Waals surface area contributed by atoms with Gasteiger partial charge in [-0.25, -0.2) is 0 Å². The van der Waals surface area contributed by atoms with Gasteiger partial charge in [0.15, 0.2) is 0 Å². The first-order chi connectivity index (χ1) is 8.74. The monoisotopic (exact) mass is 263 g/mol. The third-order valence-electron chi connectivity index (χ3n) is 3.38. The van der Waals surface area contributed by atoms with Crippen LogP contribution < -0.4 is 5.73 Å². The Morgan fingerprint density at radius 1 is 1.33 bits per heavy atom. The Labute approximate surface area is 113 Å². The number of thiophene rings is 1. The molecule has 0 amide bonds. The number of hydrogen-bond donors (Lipinski definition) is 1. The second-order valence-corrected chi connectivity index (χ2v) is 5.40. The van der Waals surface area contributed by atoms with E-state index in [4.69, 9.17) is 5.73 Å². The molecule has 2 heterocycles. The van der Waals surface area contributed by atoms with Crippen LogP contribution in [0.3, 0.4) is 0 Å². The summed E-state index contributed by atoms with van der Waals surface area (Å²) in [5.74, 6) is 0. The van der Waals surface area contributed by atoms with Crippen molar-refractivity contribution in [3.05, 3.63) is 40.3 Å². The van der Waals surface area contributed by atoms with Gasteiger partial charge in [0.25, 0.3) is 0 Å². The van der Waals surface area contributed by atoms with Crippen molar-refractivity contribution in [3.63, 3.8) is 0 Å². The van der Waals surface area contributed by atoms with E-state index >= 15 is 0 Å². The summed E-state index contributed by atoms with van der Waals surface area (Å²) < 4.78 is 2.08. The van der Waals surface area contributed by atoms with Crippen molar-refractivity contribution >= 4 is 11.3 Å². The molecular formula is C14H21N3S. The average Bonchev–Trinajstić information content (AvgIpc) is 3.01. The van der Waals surface area contributed by atoms with Gasteiger partial charge in [0, 0.05) is 18.7 Å². The van der Waals surface area contributed by atoms with E-state index < -0.39 is 0 Å². The van der Waals surface area contributed by atoms with Gasteiger partial charge in [0.2, 0.25) is 0 Å². The summed E-state index contributed by atoms with van der Waals surface area (Å²) in [4.78, 5) is 0. The van der Waals surface area contributed by atoms with Crippen LogP contribution in [-0.4, -0.2) is 9.78 Å². The molecule has 3 nitrogen and oxygen atoms in total. The van der Waals surface area contributed by atoms with Gasteiger partial charge >= 0.3 is 0 Å². The minimum Gasteiger partial charge on any atom is -0.324 e. The van der Waals surface area contributed by atoms with Gasteiger partial charge in [-0.3, -0.25) is 4.68 Å². The minimum atomic E-state index is 0.0568. The van der Waals surface area contributed by atoms with Gasteiger partial charge in [0.05, 0.1) is 11.7 Å². The zero-order chi connectivity index (χ0) is 13.0. The summed E-state index contributed by atoms with van der Waals surface area (Å²) in [6.07, 6.45) is 5.12. The van der Waals surface area contributed by atoms with Crippen LogP contribution in [0.5, 0.6) is 0 Å². The van der Waals surface area contributed by atoms with E-state index in [0.29, 0.717) is 6.04 Å². The highest BCUT2D eigenvalue weighted by molar-refractivity contribution is 7.07. The Kier molecular flexibility index (Phi) is 4.55. The van der Waals surface area contributed by atoms with Crippen molar-refractivity contribution in [1.82, 2.24) is 9.78 Å². The molecule has 18 heavy (non-hydrogen) atoms. The normalized spacial score (nSPS) is 13.1. The third kappa shape index (κ3) is 3.00. The van der Waals surface area contributed by atoms with Gasteiger partial charge in [-0.15, -0.1) is 0 Å². The maximum Gasteiger partial charge on any atom is 0.0643 e. The molecule has 0 bridgehead atoms. The van der Waals surface area contributed by atoms with Crippen molar-refractivity contribution in [2.24, 2.45) is 5.73 Å². The number of rotatable bonds is 6. The van der Waals surface area contributed by atoms with Crippen LogP contribution in [0.4, 0.5) is 0 Å². The quantitative estimate of drug-likeness (QED) is 0.866. The van der Waals surface area contributed by atoms with Crippen LogP contribution in [0.15, 0.2) is 29.1 Å². The Bertz CT molecular complexity index is 457. The van der Waals surface area contributed by atoms with Crippen molar-refractivity contribution in [2.45, 2.75) is 45.2 Å². The standard InChI is InChI=1S/C14H21N3S/c1-3-13(4-2)17-7-5-12(16-17)9-14(15)11-6-8-18-10-11/h5-8,10,13-14H,3-4,9,15H2,1-2H3. The molecule has 0 aliphatic rings. The lowest BCUT2D eigenvalue weighted by atomic mass is 10.1. The summed E-state index contributed by atoms with van der Waals surface area (Å²) in [5.41, 5.74) is 8.47. The summed E-state index contributed by atoms with van der Waals surface area (Å²) in [5, 5.41) is 8.82. The van der Waals surface area contributed by atoms with Crippen LogP contribution in [-0.2, 0) is 6.42 Å². The van der Waals surface area contributed by atoms with E-state index in [1.807, 2.05) is 0 Å². The smallest absolute Gasteiger partial charge is 0.0643 e. The lowest BCUT2D eigenvalue weighted by Crippen LogP contribution is -2.14. The zero-order valence-electron chi connectivity index (χ0n) is 11.0. The number of nitrogens with zero attached hydrogens (tertiary/aromatic N) is 2. The Morgan fingerprint density at radius 2 is 2.11 bits per heavy atom. The lowest BCUT2D eigenvalue weighted by molar-refractivity contribution is 0.424. The minimum absolute atomic E-state index is 0.0568. The Morgan fingerprint density at radius 3 is 2.72 bits per heavy atom. The Hall–Kier alpha value is -1.13. The van der Waals surface area contributed by atoms with E-state index in [-0.39, 0.29) is 6.04 Å². The third-order valence-corrected chi connectivity index (χ3v) is 4.08. The maximum absolute atomic E-state index is 6.18. The van der Waals surface area contributed by atoms with E-state index in [1.54, 1.807) is 11.3 Å². The first-order valence-electron chi connectivity index (χ1n) is 6.56. The van der Waals surface area contributed by atoms with E-state index in [0.717, 1.165) is 25.0 Å². The van der Waals surface area contributed by atoms with Gasteiger partial charge in [-0.1, -0.05) is 13.8 Å². The van der Waals surface area contributed by atoms with Crippen molar-refractivity contribution in [2.75, 3.05) is 0 Å². The van der Waals surface area contributed by atoms with Crippen molar-refractivity contribution in [3.8, 4) is 0 Å². The zero-order valence-corrected chi connectivity index (χ0v) is 11.9. The topological polar surface area (TPSA) is 43.8 Å². The van der Waals surface area contributed by atoms with Gasteiger partial charge in [-0.2, -0.15) is 16.4 Å². The van der Waals surface area contributed by atoms with Gasteiger partial charge < -0.3 is 5.73 Å². The number of hydrogen-bond acceptors (Lipinski definition) is 3. The summed E-state index contributed by atoms with van der Waals surface area (Å²) >= 11 is 1.69. The molecule has 0 aliphatic heterocycles. The van der Waals surface area contributed by atoms with Crippen molar-refractivity contribution < 1.29 is 0 Å². The molecule has 1 atom stereocenters. The number of aromatic nitrogens is 2. The Balaban J connectivity index is 2.02. The van der Waals surface area contributed by atoms with Crippen LogP contribution >= 0.6 is 11.3 Å². The lowest BCUT2D eigenvalue weighted by Gasteiger charge is -2.13. The second kappa shape index (κ2) is 6.16. The maximum atomic E-state index is 6.18. The highest BCUT2D eigenvalue weighted by Crippen LogP contribution is 2.19. The second-order valence-electron chi connectivity index (χ2n) is 4.62. The molecule has 2 rings (SSSR count). The highest BCUT2D eigenvalue weighted by Gasteiger charge is 2.12. The molecule has 4 heteroatoms. The summed E-state index contributed by atoms with van der Waals surface area (Å²) in [7, 11) is 0. The molecule has 2 N–H and O–H groups in total. The molecule has 0 saturated heterocycles. The highest BCUT2D eigenvalue weighted by atomic mass is 32.1.